The Kier molecular flexibility index (Phi) is 7.19. The molecule has 0 aromatic heterocycles. The second-order valence-corrected chi connectivity index (χ2v) is 5.66. The number of benzene rings is 1. The van der Waals surface area contributed by atoms with Crippen molar-refractivity contribution in [3.05, 3.63) is 29.8 Å². The van der Waals surface area contributed by atoms with Crippen molar-refractivity contribution in [1.29, 1.82) is 0 Å². The van der Waals surface area contributed by atoms with Gasteiger partial charge in [0.05, 0.1) is 13.7 Å². The Balaban J connectivity index is 2.07. The van der Waals surface area contributed by atoms with Crippen LogP contribution in [-0.2, 0) is 20.8 Å². The average Bonchev–Trinajstić information content (AvgIpc) is 2.41. The van der Waals surface area contributed by atoms with Crippen molar-refractivity contribution in [3.8, 4) is 5.75 Å². The predicted octanol–water partition coefficient (Wildman–Crippen LogP) is 2.14. The molecule has 0 aliphatic carbocycles. The highest BCUT2D eigenvalue weighted by Gasteiger charge is 2.15. The second-order valence-electron chi connectivity index (χ2n) is 5.66. The summed E-state index contributed by atoms with van der Waals surface area (Å²) in [5, 5.41) is 3.24. The summed E-state index contributed by atoms with van der Waals surface area (Å²) < 4.78 is 15.5. The van der Waals surface area contributed by atoms with Gasteiger partial charge in [-0.1, -0.05) is 12.1 Å². The van der Waals surface area contributed by atoms with Gasteiger partial charge in [-0.25, -0.2) is 4.79 Å². The van der Waals surface area contributed by atoms with E-state index in [-0.39, 0.29) is 12.6 Å². The molecule has 0 amide bonds. The molecule has 0 saturated heterocycles. The monoisotopic (exact) mass is 295 g/mol. The molecule has 0 spiro atoms. The van der Waals surface area contributed by atoms with E-state index in [1.165, 1.54) is 5.56 Å². The third-order valence-corrected chi connectivity index (χ3v) is 2.55. The van der Waals surface area contributed by atoms with E-state index in [1.807, 2.05) is 45.0 Å². The maximum atomic E-state index is 11.4. The number of esters is 1. The SMILES string of the molecule is COc1ccc(CNCCOCC(=O)OC(C)(C)C)cc1. The molecule has 0 radical (unpaired) electrons. The van der Waals surface area contributed by atoms with Gasteiger partial charge in [0.1, 0.15) is 18.0 Å². The highest BCUT2D eigenvalue weighted by Crippen LogP contribution is 2.10. The van der Waals surface area contributed by atoms with Crippen LogP contribution in [0.3, 0.4) is 0 Å². The quantitative estimate of drug-likeness (QED) is 0.588. The van der Waals surface area contributed by atoms with Gasteiger partial charge >= 0.3 is 5.97 Å². The first-order valence-electron chi connectivity index (χ1n) is 7.04. The molecule has 0 heterocycles. The van der Waals surface area contributed by atoms with Gasteiger partial charge in [-0.3, -0.25) is 0 Å². The molecular formula is C16H25NO4. The first-order valence-corrected chi connectivity index (χ1v) is 7.04. The van der Waals surface area contributed by atoms with Crippen LogP contribution in [-0.4, -0.2) is 38.4 Å². The summed E-state index contributed by atoms with van der Waals surface area (Å²) >= 11 is 0. The lowest BCUT2D eigenvalue weighted by molar-refractivity contribution is -0.160. The maximum Gasteiger partial charge on any atom is 0.332 e. The fourth-order valence-corrected chi connectivity index (χ4v) is 1.65. The van der Waals surface area contributed by atoms with Crippen LogP contribution in [0, 0.1) is 0 Å². The van der Waals surface area contributed by atoms with Crippen molar-refractivity contribution >= 4 is 5.97 Å². The van der Waals surface area contributed by atoms with Crippen molar-refractivity contribution in [3.63, 3.8) is 0 Å². The normalized spacial score (nSPS) is 11.2. The number of hydrogen-bond donors (Lipinski definition) is 1. The molecule has 118 valence electrons. The standard InChI is InChI=1S/C16H25NO4/c1-16(2,3)21-15(18)12-20-10-9-17-11-13-5-7-14(19-4)8-6-13/h5-8,17H,9-12H2,1-4H3. The van der Waals surface area contributed by atoms with Crippen LogP contribution < -0.4 is 10.1 Å². The predicted molar refractivity (Wildman–Crippen MR) is 81.4 cm³/mol. The molecule has 0 atom stereocenters. The van der Waals surface area contributed by atoms with Crippen LogP contribution >= 0.6 is 0 Å². The molecule has 1 aromatic rings. The first kappa shape index (κ1) is 17.5. The van der Waals surface area contributed by atoms with E-state index in [9.17, 15) is 4.79 Å². The van der Waals surface area contributed by atoms with Gasteiger partial charge in [-0.2, -0.15) is 0 Å². The number of methoxy groups -OCH3 is 1. The van der Waals surface area contributed by atoms with Gasteiger partial charge < -0.3 is 19.5 Å². The molecule has 1 N–H and O–H groups in total. The fourth-order valence-electron chi connectivity index (χ4n) is 1.65. The topological polar surface area (TPSA) is 56.8 Å². The molecule has 5 heteroatoms. The van der Waals surface area contributed by atoms with Crippen LogP contribution in [0.5, 0.6) is 5.75 Å². The van der Waals surface area contributed by atoms with Gasteiger partial charge in [0, 0.05) is 13.1 Å². The smallest absolute Gasteiger partial charge is 0.332 e. The molecular weight excluding hydrogens is 270 g/mol. The van der Waals surface area contributed by atoms with Crippen LogP contribution in [0.1, 0.15) is 26.3 Å². The number of carbonyl (C=O) groups is 1. The number of ether oxygens (including phenoxy) is 3. The van der Waals surface area contributed by atoms with Crippen LogP contribution in [0.4, 0.5) is 0 Å². The van der Waals surface area contributed by atoms with Crippen molar-refractivity contribution < 1.29 is 19.0 Å². The number of nitrogens with one attached hydrogen (secondary N) is 1. The fraction of sp³-hybridized carbons (Fsp3) is 0.562. The molecule has 1 rings (SSSR count). The van der Waals surface area contributed by atoms with E-state index >= 15 is 0 Å². The third kappa shape index (κ3) is 8.32. The number of hydrogen-bond acceptors (Lipinski definition) is 5. The summed E-state index contributed by atoms with van der Waals surface area (Å²) in [6.07, 6.45) is 0. The highest BCUT2D eigenvalue weighted by molar-refractivity contribution is 5.71. The van der Waals surface area contributed by atoms with E-state index in [0.717, 1.165) is 12.3 Å². The molecule has 0 unspecified atom stereocenters. The number of carbonyl (C=O) groups excluding carboxylic acids is 1. The second kappa shape index (κ2) is 8.64. The Morgan fingerprint density at radius 3 is 2.43 bits per heavy atom. The van der Waals surface area contributed by atoms with Gasteiger partial charge in [0.15, 0.2) is 0 Å². The van der Waals surface area contributed by atoms with E-state index in [4.69, 9.17) is 14.2 Å². The highest BCUT2D eigenvalue weighted by atomic mass is 16.6. The molecule has 0 fully saturated rings. The van der Waals surface area contributed by atoms with E-state index < -0.39 is 5.60 Å². The molecule has 1 aromatic carbocycles. The minimum Gasteiger partial charge on any atom is -0.497 e. The van der Waals surface area contributed by atoms with Crippen molar-refractivity contribution in [2.75, 3.05) is 26.9 Å². The maximum absolute atomic E-state index is 11.4. The Bertz CT molecular complexity index is 423. The summed E-state index contributed by atoms with van der Waals surface area (Å²) in [5.74, 6) is 0.511. The molecule has 0 bridgehead atoms. The lowest BCUT2D eigenvalue weighted by atomic mass is 10.2. The largest absolute Gasteiger partial charge is 0.497 e. The summed E-state index contributed by atoms with van der Waals surface area (Å²) in [6, 6.07) is 7.87. The third-order valence-electron chi connectivity index (χ3n) is 2.55. The summed E-state index contributed by atoms with van der Waals surface area (Å²) in [7, 11) is 1.65. The zero-order chi connectivity index (χ0) is 15.7. The molecule has 21 heavy (non-hydrogen) atoms. The Hall–Kier alpha value is -1.59. The van der Waals surface area contributed by atoms with Crippen molar-refractivity contribution in [2.45, 2.75) is 32.9 Å². The number of rotatable bonds is 8. The zero-order valence-electron chi connectivity index (χ0n) is 13.3. The van der Waals surface area contributed by atoms with Gasteiger partial charge in [0.25, 0.3) is 0 Å². The summed E-state index contributed by atoms with van der Waals surface area (Å²) in [5.41, 5.74) is 0.704. The van der Waals surface area contributed by atoms with Crippen LogP contribution in [0.2, 0.25) is 0 Å². The average molecular weight is 295 g/mol. The summed E-state index contributed by atoms with van der Waals surface area (Å²) in [4.78, 5) is 11.4. The summed E-state index contributed by atoms with van der Waals surface area (Å²) in [6.45, 7) is 7.38. The molecule has 0 aliphatic heterocycles. The Morgan fingerprint density at radius 1 is 1.19 bits per heavy atom. The molecule has 0 aliphatic rings. The van der Waals surface area contributed by atoms with E-state index in [0.29, 0.717) is 13.2 Å². The lowest BCUT2D eigenvalue weighted by Crippen LogP contribution is -2.27. The Labute approximate surface area is 126 Å². The van der Waals surface area contributed by atoms with E-state index in [1.54, 1.807) is 7.11 Å². The van der Waals surface area contributed by atoms with Crippen LogP contribution in [0.15, 0.2) is 24.3 Å². The molecule has 5 nitrogen and oxygen atoms in total. The van der Waals surface area contributed by atoms with Gasteiger partial charge in [-0.15, -0.1) is 0 Å². The Morgan fingerprint density at radius 2 is 1.86 bits per heavy atom. The minimum atomic E-state index is -0.465. The zero-order valence-corrected chi connectivity index (χ0v) is 13.3. The molecule has 0 saturated carbocycles. The van der Waals surface area contributed by atoms with Crippen molar-refractivity contribution in [2.24, 2.45) is 0 Å². The van der Waals surface area contributed by atoms with Gasteiger partial charge in [-0.05, 0) is 38.5 Å². The minimum absolute atomic E-state index is 0.0124. The lowest BCUT2D eigenvalue weighted by Gasteiger charge is -2.19. The van der Waals surface area contributed by atoms with E-state index in [2.05, 4.69) is 5.32 Å². The van der Waals surface area contributed by atoms with Gasteiger partial charge in [0.2, 0.25) is 0 Å². The van der Waals surface area contributed by atoms with Crippen molar-refractivity contribution in [1.82, 2.24) is 5.32 Å². The van der Waals surface area contributed by atoms with Crippen LogP contribution in [0.25, 0.3) is 0 Å². The first-order chi connectivity index (χ1) is 9.90.